The molecule has 0 saturated carbocycles. The predicted molar refractivity (Wildman–Crippen MR) is 107 cm³/mol. The van der Waals surface area contributed by atoms with E-state index in [1.165, 1.54) is 6.07 Å². The number of rotatable bonds is 8. The van der Waals surface area contributed by atoms with Crippen molar-refractivity contribution in [1.82, 2.24) is 5.32 Å². The molecular weight excluding hydrogens is 425 g/mol. The Balaban J connectivity index is 0.00000338. The number of ether oxygens (including phenoxy) is 2. The van der Waals surface area contributed by atoms with Crippen LogP contribution in [0, 0.1) is 5.82 Å². The molecule has 2 N–H and O–H groups in total. The number of methoxy groups -OCH3 is 1. The molecule has 0 amide bonds. The van der Waals surface area contributed by atoms with Gasteiger partial charge in [-0.3, -0.25) is 0 Å². The van der Waals surface area contributed by atoms with Crippen LogP contribution in [0.1, 0.15) is 25.0 Å². The maximum absolute atomic E-state index is 13.7. The Hall–Kier alpha value is -1.34. The number of halogens is 3. The molecule has 0 radical (unpaired) electrons. The van der Waals surface area contributed by atoms with Gasteiger partial charge in [0.2, 0.25) is 0 Å². The Morgan fingerprint density at radius 1 is 1.23 bits per heavy atom. The Labute approximate surface area is 168 Å². The summed E-state index contributed by atoms with van der Waals surface area (Å²) in [6.45, 7) is 4.55. The molecular formula is C19H24BrClFNO3. The smallest absolute Gasteiger partial charge is 0.175 e. The van der Waals surface area contributed by atoms with Gasteiger partial charge < -0.3 is 19.9 Å². The van der Waals surface area contributed by atoms with Crippen LogP contribution in [0.4, 0.5) is 4.39 Å². The van der Waals surface area contributed by atoms with Gasteiger partial charge >= 0.3 is 0 Å². The van der Waals surface area contributed by atoms with Gasteiger partial charge in [-0.2, -0.15) is 0 Å². The average Bonchev–Trinajstić information content (AvgIpc) is 2.60. The van der Waals surface area contributed by atoms with Crippen LogP contribution in [0.25, 0.3) is 0 Å². The molecule has 26 heavy (non-hydrogen) atoms. The van der Waals surface area contributed by atoms with Crippen LogP contribution in [0.2, 0.25) is 0 Å². The van der Waals surface area contributed by atoms with Crippen molar-refractivity contribution in [3.8, 4) is 11.5 Å². The fourth-order valence-electron chi connectivity index (χ4n) is 2.18. The van der Waals surface area contributed by atoms with Gasteiger partial charge in [-0.25, -0.2) is 4.39 Å². The predicted octanol–water partition coefficient (Wildman–Crippen LogP) is 4.46. The summed E-state index contributed by atoms with van der Waals surface area (Å²) in [4.78, 5) is 0. The summed E-state index contributed by atoms with van der Waals surface area (Å²) in [5.74, 6) is 0.782. The molecule has 2 rings (SSSR count). The minimum atomic E-state index is -0.375. The second kappa shape index (κ2) is 10.1. The molecule has 0 atom stereocenters. The minimum Gasteiger partial charge on any atom is -0.493 e. The van der Waals surface area contributed by atoms with Gasteiger partial charge in [0.25, 0.3) is 0 Å². The Morgan fingerprint density at radius 3 is 2.54 bits per heavy atom. The zero-order chi connectivity index (χ0) is 18.4. The van der Waals surface area contributed by atoms with E-state index in [0.717, 1.165) is 10.0 Å². The first kappa shape index (κ1) is 22.7. The highest BCUT2D eigenvalue weighted by molar-refractivity contribution is 9.10. The highest BCUT2D eigenvalue weighted by atomic mass is 79.9. The van der Waals surface area contributed by atoms with Crippen LogP contribution in [0.3, 0.4) is 0 Å². The number of hydrogen-bond donors (Lipinski definition) is 2. The molecule has 0 spiro atoms. The van der Waals surface area contributed by atoms with Crippen molar-refractivity contribution < 1.29 is 19.0 Å². The molecule has 0 aliphatic heterocycles. The summed E-state index contributed by atoms with van der Waals surface area (Å²) in [6.07, 6.45) is 0. The minimum absolute atomic E-state index is 0. The lowest BCUT2D eigenvalue weighted by molar-refractivity contribution is 0.187. The third-order valence-corrected chi connectivity index (χ3v) is 4.37. The molecule has 2 aromatic rings. The fraction of sp³-hybridized carbons (Fsp3) is 0.368. The Kier molecular flexibility index (Phi) is 8.83. The Morgan fingerprint density at radius 2 is 1.92 bits per heavy atom. The third-order valence-electron chi connectivity index (χ3n) is 3.79. The summed E-state index contributed by atoms with van der Waals surface area (Å²) in [6, 6.07) is 10.3. The first-order chi connectivity index (χ1) is 11.9. The van der Waals surface area contributed by atoms with E-state index in [2.05, 4.69) is 21.2 Å². The maximum atomic E-state index is 13.7. The van der Waals surface area contributed by atoms with Gasteiger partial charge in [0, 0.05) is 17.6 Å². The number of aliphatic hydroxyl groups excluding tert-OH is 1. The van der Waals surface area contributed by atoms with Crippen molar-refractivity contribution in [3.05, 3.63) is 57.8 Å². The van der Waals surface area contributed by atoms with Crippen LogP contribution < -0.4 is 14.8 Å². The van der Waals surface area contributed by atoms with Crippen molar-refractivity contribution in [2.24, 2.45) is 0 Å². The van der Waals surface area contributed by atoms with Gasteiger partial charge in [-0.1, -0.05) is 18.2 Å². The van der Waals surface area contributed by atoms with Gasteiger partial charge in [0.05, 0.1) is 18.2 Å². The summed E-state index contributed by atoms with van der Waals surface area (Å²) in [7, 11) is 1.56. The standard InChI is InChI=1S/C19H23BrFNO3.ClH/c1-19(2,12-23)22-10-13-8-15(20)18(17(9-13)24-3)25-11-14-6-4-5-7-16(14)21;/h4-9,22-23H,10-12H2,1-3H3;1H. The van der Waals surface area contributed by atoms with E-state index in [4.69, 9.17) is 9.47 Å². The van der Waals surface area contributed by atoms with Crippen molar-refractivity contribution in [2.75, 3.05) is 13.7 Å². The van der Waals surface area contributed by atoms with Crippen molar-refractivity contribution in [3.63, 3.8) is 0 Å². The fourth-order valence-corrected chi connectivity index (χ4v) is 2.78. The van der Waals surface area contributed by atoms with Gasteiger partial charge in [0.15, 0.2) is 11.5 Å². The molecule has 4 nitrogen and oxygen atoms in total. The lowest BCUT2D eigenvalue weighted by Crippen LogP contribution is -2.42. The average molecular weight is 449 g/mol. The summed E-state index contributed by atoms with van der Waals surface area (Å²) >= 11 is 3.49. The van der Waals surface area contributed by atoms with Crippen LogP contribution in [0.5, 0.6) is 11.5 Å². The first-order valence-electron chi connectivity index (χ1n) is 7.95. The van der Waals surface area contributed by atoms with Crippen LogP contribution >= 0.6 is 28.3 Å². The summed E-state index contributed by atoms with van der Waals surface area (Å²) in [5, 5.41) is 12.6. The second-order valence-electron chi connectivity index (χ2n) is 6.38. The van der Waals surface area contributed by atoms with Gasteiger partial charge in [-0.05, 0) is 53.5 Å². The number of hydrogen-bond acceptors (Lipinski definition) is 4. The van der Waals surface area contributed by atoms with E-state index in [9.17, 15) is 9.50 Å². The molecule has 0 aromatic heterocycles. The maximum Gasteiger partial charge on any atom is 0.175 e. The lowest BCUT2D eigenvalue weighted by Gasteiger charge is -2.24. The Bertz CT molecular complexity index is 728. The van der Waals surface area contributed by atoms with Crippen molar-refractivity contribution >= 4 is 28.3 Å². The van der Waals surface area contributed by atoms with E-state index in [1.54, 1.807) is 25.3 Å². The van der Waals surface area contributed by atoms with Crippen LogP contribution in [0.15, 0.2) is 40.9 Å². The molecule has 0 fully saturated rings. The van der Waals surface area contributed by atoms with Gasteiger partial charge in [0.1, 0.15) is 12.4 Å². The second-order valence-corrected chi connectivity index (χ2v) is 7.24. The number of benzene rings is 2. The molecule has 0 aliphatic rings. The van der Waals surface area contributed by atoms with Gasteiger partial charge in [-0.15, -0.1) is 12.4 Å². The topological polar surface area (TPSA) is 50.7 Å². The molecule has 0 bridgehead atoms. The van der Waals surface area contributed by atoms with Crippen molar-refractivity contribution in [1.29, 1.82) is 0 Å². The molecule has 144 valence electrons. The zero-order valence-corrected chi connectivity index (χ0v) is 17.4. The van der Waals surface area contributed by atoms with E-state index in [1.807, 2.05) is 26.0 Å². The van der Waals surface area contributed by atoms with Crippen molar-refractivity contribution in [2.45, 2.75) is 32.5 Å². The molecule has 7 heteroatoms. The lowest BCUT2D eigenvalue weighted by atomic mass is 10.1. The SMILES string of the molecule is COc1cc(CNC(C)(C)CO)cc(Br)c1OCc1ccccc1F.Cl. The third kappa shape index (κ3) is 6.13. The first-order valence-corrected chi connectivity index (χ1v) is 8.74. The highest BCUT2D eigenvalue weighted by Gasteiger charge is 2.17. The van der Waals surface area contributed by atoms with E-state index >= 15 is 0 Å². The largest absolute Gasteiger partial charge is 0.493 e. The number of nitrogens with one attached hydrogen (secondary N) is 1. The zero-order valence-electron chi connectivity index (χ0n) is 15.0. The normalized spacial score (nSPS) is 11.0. The van der Waals surface area contributed by atoms with E-state index in [0.29, 0.717) is 23.6 Å². The molecule has 0 saturated heterocycles. The quantitative estimate of drug-likeness (QED) is 0.626. The van der Waals surface area contributed by atoms with E-state index in [-0.39, 0.29) is 37.0 Å². The number of aliphatic hydroxyl groups is 1. The monoisotopic (exact) mass is 447 g/mol. The highest BCUT2D eigenvalue weighted by Crippen LogP contribution is 2.37. The summed E-state index contributed by atoms with van der Waals surface area (Å²) < 4.78 is 25.7. The van der Waals surface area contributed by atoms with E-state index < -0.39 is 0 Å². The van der Waals surface area contributed by atoms with Crippen LogP contribution in [-0.2, 0) is 13.2 Å². The molecule has 2 aromatic carbocycles. The molecule has 0 unspecified atom stereocenters. The summed E-state index contributed by atoms with van der Waals surface area (Å²) in [5.41, 5.74) is 1.08. The molecule has 0 aliphatic carbocycles. The molecule has 0 heterocycles. The van der Waals surface area contributed by atoms with Crippen LogP contribution in [-0.4, -0.2) is 24.4 Å².